The van der Waals surface area contributed by atoms with Crippen molar-refractivity contribution in [2.75, 3.05) is 4.90 Å². The van der Waals surface area contributed by atoms with Crippen molar-refractivity contribution in [2.45, 2.75) is 0 Å². The number of anilines is 3. The maximum Gasteiger partial charge on any atom is 0.0546 e. The first-order chi connectivity index (χ1) is 26.3. The molecule has 0 atom stereocenters. The number of rotatable bonds is 5. The quantitative estimate of drug-likeness (QED) is 0.161. The van der Waals surface area contributed by atoms with Gasteiger partial charge in [-0.2, -0.15) is 0 Å². The molecule has 2 heterocycles. The zero-order valence-corrected chi connectivity index (χ0v) is 30.3. The molecular weight excluding hydrogens is 679 g/mol. The Morgan fingerprint density at radius 3 is 1.55 bits per heavy atom. The van der Waals surface area contributed by atoms with Crippen molar-refractivity contribution in [3.05, 3.63) is 188 Å². The first kappa shape index (κ1) is 30.4. The van der Waals surface area contributed by atoms with Crippen molar-refractivity contribution >= 4 is 102 Å². The van der Waals surface area contributed by atoms with Crippen molar-refractivity contribution in [1.82, 2.24) is 0 Å². The standard InChI is InChI=1S/C50H31NS2/c1-2-14-35-33(13-1)31-46(38-16-4-3-15-37(35)38)51(34-29-27-32(28-30-34)36-20-11-22-43-40-18-6-9-25-47(40)52-49(36)43)45-24-8-5-17-39(45)42-21-12-23-44-41-19-7-10-26-48(41)53-50(42)44/h1-31H. The number of thiophene rings is 2. The van der Waals surface area contributed by atoms with Gasteiger partial charge in [-0.1, -0.05) is 152 Å². The molecule has 0 radical (unpaired) electrons. The summed E-state index contributed by atoms with van der Waals surface area (Å²) < 4.78 is 5.29. The lowest BCUT2D eigenvalue weighted by Crippen LogP contribution is -2.12. The van der Waals surface area contributed by atoms with Crippen LogP contribution in [0.4, 0.5) is 17.1 Å². The molecule has 3 heteroatoms. The molecule has 0 saturated carbocycles. The largest absolute Gasteiger partial charge is 0.309 e. The molecule has 248 valence electrons. The average Bonchev–Trinajstić information content (AvgIpc) is 3.80. The molecule has 0 unspecified atom stereocenters. The molecule has 1 nitrogen and oxygen atoms in total. The number of nitrogens with zero attached hydrogens (tertiary/aromatic N) is 1. The van der Waals surface area contributed by atoms with Gasteiger partial charge in [0.1, 0.15) is 0 Å². The van der Waals surface area contributed by atoms with Crippen molar-refractivity contribution in [1.29, 1.82) is 0 Å². The third-order valence-electron chi connectivity index (χ3n) is 10.7. The summed E-state index contributed by atoms with van der Waals surface area (Å²) in [5, 5.41) is 10.2. The Morgan fingerprint density at radius 2 is 0.830 bits per heavy atom. The summed E-state index contributed by atoms with van der Waals surface area (Å²) in [4.78, 5) is 2.49. The highest BCUT2D eigenvalue weighted by atomic mass is 32.1. The summed E-state index contributed by atoms with van der Waals surface area (Å²) in [5.41, 5.74) is 8.39. The minimum atomic E-state index is 1.12. The molecule has 0 amide bonds. The first-order valence-electron chi connectivity index (χ1n) is 18.0. The van der Waals surface area contributed by atoms with Crippen LogP contribution in [0.25, 0.3) is 84.1 Å². The number of benzene rings is 9. The molecule has 53 heavy (non-hydrogen) atoms. The van der Waals surface area contributed by atoms with E-state index in [1.807, 2.05) is 22.7 Å². The molecule has 0 spiro atoms. The van der Waals surface area contributed by atoms with Gasteiger partial charge in [0.2, 0.25) is 0 Å². The Morgan fingerprint density at radius 1 is 0.321 bits per heavy atom. The van der Waals surface area contributed by atoms with Crippen molar-refractivity contribution in [3.63, 3.8) is 0 Å². The molecule has 11 rings (SSSR count). The topological polar surface area (TPSA) is 3.24 Å². The van der Waals surface area contributed by atoms with Gasteiger partial charge in [-0.05, 0) is 63.7 Å². The second kappa shape index (κ2) is 12.2. The van der Waals surface area contributed by atoms with Crippen molar-refractivity contribution < 1.29 is 0 Å². The van der Waals surface area contributed by atoms with Gasteiger partial charge in [-0.25, -0.2) is 0 Å². The average molecular weight is 710 g/mol. The Hall–Kier alpha value is -6.26. The van der Waals surface area contributed by atoms with E-state index >= 15 is 0 Å². The zero-order valence-electron chi connectivity index (χ0n) is 28.7. The maximum absolute atomic E-state index is 2.49. The fraction of sp³-hybridized carbons (Fsp3) is 0. The Kier molecular flexibility index (Phi) is 6.97. The fourth-order valence-electron chi connectivity index (χ4n) is 8.25. The molecule has 0 fully saturated rings. The molecule has 2 aromatic heterocycles. The van der Waals surface area contributed by atoms with E-state index in [4.69, 9.17) is 0 Å². The zero-order chi connectivity index (χ0) is 34.9. The highest BCUT2D eigenvalue weighted by Crippen LogP contribution is 2.48. The van der Waals surface area contributed by atoms with E-state index in [9.17, 15) is 0 Å². The van der Waals surface area contributed by atoms with Gasteiger partial charge in [0.05, 0.1) is 11.4 Å². The highest BCUT2D eigenvalue weighted by molar-refractivity contribution is 7.26. The monoisotopic (exact) mass is 709 g/mol. The van der Waals surface area contributed by atoms with E-state index in [0.717, 1.165) is 17.1 Å². The number of fused-ring (bicyclic) bond motifs is 9. The first-order valence-corrected chi connectivity index (χ1v) is 19.6. The molecule has 9 aromatic carbocycles. The van der Waals surface area contributed by atoms with Gasteiger partial charge in [0.15, 0.2) is 0 Å². The van der Waals surface area contributed by atoms with E-state index in [0.29, 0.717) is 0 Å². The van der Waals surface area contributed by atoms with E-state index < -0.39 is 0 Å². The Bertz CT molecular complexity index is 3180. The molecule has 0 aliphatic heterocycles. The predicted molar refractivity (Wildman–Crippen MR) is 233 cm³/mol. The minimum absolute atomic E-state index is 1.12. The van der Waals surface area contributed by atoms with Crippen LogP contribution < -0.4 is 4.90 Å². The molecule has 0 N–H and O–H groups in total. The van der Waals surface area contributed by atoms with Gasteiger partial charge < -0.3 is 4.90 Å². The minimum Gasteiger partial charge on any atom is -0.309 e. The third-order valence-corrected chi connectivity index (χ3v) is 13.1. The predicted octanol–water partition coefficient (Wildman–Crippen LogP) is 15.5. The van der Waals surface area contributed by atoms with Crippen molar-refractivity contribution in [3.8, 4) is 22.3 Å². The molecule has 0 aliphatic rings. The number of para-hydroxylation sites is 1. The number of hydrogen-bond acceptors (Lipinski definition) is 3. The van der Waals surface area contributed by atoms with Gasteiger partial charge in [-0.15, -0.1) is 22.7 Å². The molecular formula is C50H31NS2. The van der Waals surface area contributed by atoms with Crippen LogP contribution in [-0.2, 0) is 0 Å². The van der Waals surface area contributed by atoms with Gasteiger partial charge in [0, 0.05) is 62.5 Å². The highest BCUT2D eigenvalue weighted by Gasteiger charge is 2.22. The van der Waals surface area contributed by atoms with Gasteiger partial charge in [0.25, 0.3) is 0 Å². The van der Waals surface area contributed by atoms with E-state index in [-0.39, 0.29) is 0 Å². The van der Waals surface area contributed by atoms with Crippen LogP contribution in [0.2, 0.25) is 0 Å². The summed E-state index contributed by atoms with van der Waals surface area (Å²) in [6.45, 7) is 0. The summed E-state index contributed by atoms with van der Waals surface area (Å²) in [6, 6.07) is 69.2. The number of hydrogen-bond donors (Lipinski definition) is 0. The third kappa shape index (κ3) is 4.82. The van der Waals surface area contributed by atoms with E-state index in [1.54, 1.807) is 0 Å². The van der Waals surface area contributed by atoms with Crippen LogP contribution in [0, 0.1) is 0 Å². The van der Waals surface area contributed by atoms with Crippen LogP contribution in [0.5, 0.6) is 0 Å². The second-order valence-corrected chi connectivity index (χ2v) is 15.7. The molecule has 11 aromatic rings. The summed E-state index contributed by atoms with van der Waals surface area (Å²) in [6.07, 6.45) is 0. The lowest BCUT2D eigenvalue weighted by molar-refractivity contribution is 1.30. The van der Waals surface area contributed by atoms with Crippen LogP contribution in [-0.4, -0.2) is 0 Å². The van der Waals surface area contributed by atoms with Gasteiger partial charge in [-0.3, -0.25) is 0 Å². The van der Waals surface area contributed by atoms with E-state index in [2.05, 4.69) is 193 Å². The normalized spacial score (nSPS) is 11.8. The molecule has 0 bridgehead atoms. The van der Waals surface area contributed by atoms with Gasteiger partial charge >= 0.3 is 0 Å². The Balaban J connectivity index is 1.16. The lowest BCUT2D eigenvalue weighted by atomic mass is 9.96. The molecule has 0 aliphatic carbocycles. The van der Waals surface area contributed by atoms with Crippen LogP contribution >= 0.6 is 22.7 Å². The smallest absolute Gasteiger partial charge is 0.0546 e. The Labute approximate surface area is 315 Å². The summed E-state index contributed by atoms with van der Waals surface area (Å²) >= 11 is 3.77. The molecule has 0 saturated heterocycles. The second-order valence-electron chi connectivity index (χ2n) is 13.6. The van der Waals surface area contributed by atoms with Crippen molar-refractivity contribution in [2.24, 2.45) is 0 Å². The fourth-order valence-corrected chi connectivity index (χ4v) is 10.7. The van der Waals surface area contributed by atoms with E-state index in [1.165, 1.54) is 84.1 Å². The van der Waals surface area contributed by atoms with Crippen LogP contribution in [0.1, 0.15) is 0 Å². The summed E-state index contributed by atoms with van der Waals surface area (Å²) in [7, 11) is 0. The maximum atomic E-state index is 2.49. The van der Waals surface area contributed by atoms with Crippen LogP contribution in [0.15, 0.2) is 188 Å². The van der Waals surface area contributed by atoms with Crippen LogP contribution in [0.3, 0.4) is 0 Å². The SMILES string of the molecule is c1ccc(N(c2ccc(-c3cccc4c3sc3ccccc34)cc2)c2cc3ccccc3c3ccccc23)c(-c2cccc3c2sc2ccccc23)c1. The lowest BCUT2D eigenvalue weighted by Gasteiger charge is -2.30. The summed E-state index contributed by atoms with van der Waals surface area (Å²) in [5.74, 6) is 0.